The number of aromatic nitrogens is 1. The molecule has 1 N–H and O–H groups in total. The van der Waals surface area contributed by atoms with E-state index in [2.05, 4.69) is 46.3 Å². The van der Waals surface area contributed by atoms with E-state index in [9.17, 15) is 4.79 Å². The normalized spacial score (nSPS) is 11.6. The van der Waals surface area contributed by atoms with Gasteiger partial charge in [-0.25, -0.2) is 5.43 Å². The average molecular weight is 420 g/mol. The van der Waals surface area contributed by atoms with Crippen molar-refractivity contribution in [1.29, 1.82) is 0 Å². The highest BCUT2D eigenvalue weighted by molar-refractivity contribution is 5.95. The van der Waals surface area contributed by atoms with Crippen LogP contribution in [0.4, 0.5) is 0 Å². The first-order valence-corrected chi connectivity index (χ1v) is 10.5. The Morgan fingerprint density at radius 1 is 0.844 bits per heavy atom. The molecule has 0 saturated carbocycles. The molecule has 0 saturated heterocycles. The lowest BCUT2D eigenvalue weighted by Crippen LogP contribution is -2.17. The summed E-state index contributed by atoms with van der Waals surface area (Å²) in [6.07, 6.45) is 3.66. The van der Waals surface area contributed by atoms with Crippen molar-refractivity contribution in [2.75, 3.05) is 0 Å². The zero-order valence-electron chi connectivity index (χ0n) is 18.2. The number of carbonyl (C=O) groups is 1. The van der Waals surface area contributed by atoms with Gasteiger partial charge in [-0.3, -0.25) is 4.79 Å². The zero-order valence-corrected chi connectivity index (χ0v) is 18.2. The highest BCUT2D eigenvalue weighted by atomic mass is 16.2. The smallest absolute Gasteiger partial charge is 0.271 e. The summed E-state index contributed by atoms with van der Waals surface area (Å²) in [6, 6.07) is 32.0. The number of rotatable bonds is 6. The number of hydrogen-bond acceptors (Lipinski definition) is 2. The van der Waals surface area contributed by atoms with Gasteiger partial charge in [-0.15, -0.1) is 0 Å². The Bertz CT molecular complexity index is 1250. The van der Waals surface area contributed by atoms with E-state index < -0.39 is 0 Å². The molecule has 1 heterocycles. The fourth-order valence-electron chi connectivity index (χ4n) is 3.58. The second-order valence-corrected chi connectivity index (χ2v) is 7.61. The van der Waals surface area contributed by atoms with Gasteiger partial charge in [0, 0.05) is 16.9 Å². The minimum Gasteiger partial charge on any atom is -0.314 e. The molecule has 0 spiro atoms. The number of amides is 1. The lowest BCUT2D eigenvalue weighted by molar-refractivity contribution is 0.0955. The summed E-state index contributed by atoms with van der Waals surface area (Å²) in [6.45, 7) is 4.02. The molecule has 3 aromatic carbocycles. The molecule has 32 heavy (non-hydrogen) atoms. The molecule has 1 amide bonds. The SMILES string of the molecule is CC(/C=N/NC(=O)c1ccc(-n2c(C)ccc2-c2ccccc2)cc1)=C\c1ccccc1. The molecule has 0 atom stereocenters. The first kappa shape index (κ1) is 21.1. The van der Waals surface area contributed by atoms with Gasteiger partial charge in [0.25, 0.3) is 5.91 Å². The lowest BCUT2D eigenvalue weighted by atomic mass is 10.1. The average Bonchev–Trinajstić information content (AvgIpc) is 3.21. The van der Waals surface area contributed by atoms with Crippen molar-refractivity contribution in [3.8, 4) is 16.9 Å². The van der Waals surface area contributed by atoms with Crippen LogP contribution in [-0.4, -0.2) is 16.7 Å². The van der Waals surface area contributed by atoms with Crippen LogP contribution < -0.4 is 5.43 Å². The molecule has 0 aliphatic heterocycles. The number of hydrogen-bond donors (Lipinski definition) is 1. The van der Waals surface area contributed by atoms with Crippen molar-refractivity contribution >= 4 is 18.2 Å². The summed E-state index contributed by atoms with van der Waals surface area (Å²) in [5.74, 6) is -0.243. The van der Waals surface area contributed by atoms with Crippen molar-refractivity contribution < 1.29 is 4.79 Å². The van der Waals surface area contributed by atoms with Crippen LogP contribution in [0.2, 0.25) is 0 Å². The second kappa shape index (κ2) is 9.75. The fraction of sp³-hybridized carbons (Fsp3) is 0.0714. The zero-order chi connectivity index (χ0) is 22.3. The maximum atomic E-state index is 12.5. The van der Waals surface area contributed by atoms with Crippen LogP contribution >= 0.6 is 0 Å². The van der Waals surface area contributed by atoms with Crippen molar-refractivity contribution in [2.24, 2.45) is 5.10 Å². The Labute approximate surface area is 188 Å². The van der Waals surface area contributed by atoms with Gasteiger partial charge in [0.1, 0.15) is 0 Å². The van der Waals surface area contributed by atoms with Crippen LogP contribution in [0, 0.1) is 6.92 Å². The molecule has 158 valence electrons. The molecule has 4 nitrogen and oxygen atoms in total. The Morgan fingerprint density at radius 3 is 2.19 bits per heavy atom. The van der Waals surface area contributed by atoms with Crippen LogP contribution in [-0.2, 0) is 0 Å². The van der Waals surface area contributed by atoms with E-state index in [0.717, 1.165) is 33.8 Å². The maximum absolute atomic E-state index is 12.5. The molecule has 0 fully saturated rings. The van der Waals surface area contributed by atoms with Crippen molar-refractivity contribution in [1.82, 2.24) is 9.99 Å². The summed E-state index contributed by atoms with van der Waals surface area (Å²) in [4.78, 5) is 12.5. The first-order chi connectivity index (χ1) is 15.6. The molecule has 0 aliphatic rings. The van der Waals surface area contributed by atoms with Gasteiger partial charge in [-0.1, -0.05) is 66.7 Å². The van der Waals surface area contributed by atoms with Crippen LogP contribution in [0.5, 0.6) is 0 Å². The molecule has 1 aromatic heterocycles. The fourth-order valence-corrected chi connectivity index (χ4v) is 3.58. The van der Waals surface area contributed by atoms with Crippen LogP contribution in [0.3, 0.4) is 0 Å². The molecule has 4 aromatic rings. The third-order valence-electron chi connectivity index (χ3n) is 5.16. The van der Waals surface area contributed by atoms with E-state index in [-0.39, 0.29) is 5.91 Å². The Morgan fingerprint density at radius 2 is 1.50 bits per heavy atom. The Balaban J connectivity index is 1.46. The highest BCUT2D eigenvalue weighted by Gasteiger charge is 2.10. The maximum Gasteiger partial charge on any atom is 0.271 e. The number of hydrazone groups is 1. The van der Waals surface area contributed by atoms with Crippen molar-refractivity contribution in [3.05, 3.63) is 119 Å². The van der Waals surface area contributed by atoms with Gasteiger partial charge in [-0.05, 0) is 66.9 Å². The summed E-state index contributed by atoms with van der Waals surface area (Å²) < 4.78 is 2.19. The van der Waals surface area contributed by atoms with E-state index in [1.165, 1.54) is 0 Å². The van der Waals surface area contributed by atoms with E-state index in [0.29, 0.717) is 5.56 Å². The summed E-state index contributed by atoms with van der Waals surface area (Å²) >= 11 is 0. The van der Waals surface area contributed by atoms with Crippen LogP contribution in [0.1, 0.15) is 28.5 Å². The topological polar surface area (TPSA) is 46.4 Å². The molecule has 4 heteroatoms. The van der Waals surface area contributed by atoms with Gasteiger partial charge in [0.15, 0.2) is 0 Å². The number of aryl methyl sites for hydroxylation is 1. The largest absolute Gasteiger partial charge is 0.314 e. The highest BCUT2D eigenvalue weighted by Crippen LogP contribution is 2.26. The monoisotopic (exact) mass is 419 g/mol. The molecule has 0 unspecified atom stereocenters. The Hall–Kier alpha value is -4.18. The minimum atomic E-state index is -0.243. The molecule has 0 radical (unpaired) electrons. The van der Waals surface area contributed by atoms with Gasteiger partial charge in [0.2, 0.25) is 0 Å². The number of nitrogens with one attached hydrogen (secondary N) is 1. The number of benzene rings is 3. The molecular weight excluding hydrogens is 394 g/mol. The third-order valence-corrected chi connectivity index (χ3v) is 5.16. The summed E-state index contributed by atoms with van der Waals surface area (Å²) in [7, 11) is 0. The lowest BCUT2D eigenvalue weighted by Gasteiger charge is -2.12. The van der Waals surface area contributed by atoms with E-state index in [1.807, 2.05) is 85.8 Å². The van der Waals surface area contributed by atoms with E-state index in [1.54, 1.807) is 6.21 Å². The Kier molecular flexibility index (Phi) is 6.42. The van der Waals surface area contributed by atoms with Crippen molar-refractivity contribution in [3.63, 3.8) is 0 Å². The van der Waals surface area contributed by atoms with Crippen LogP contribution in [0.25, 0.3) is 23.0 Å². The van der Waals surface area contributed by atoms with E-state index >= 15 is 0 Å². The molecule has 0 bridgehead atoms. The van der Waals surface area contributed by atoms with E-state index in [4.69, 9.17) is 0 Å². The third kappa shape index (κ3) is 4.93. The quantitative estimate of drug-likeness (QED) is 0.290. The summed E-state index contributed by atoms with van der Waals surface area (Å²) in [5, 5.41) is 4.09. The molecule has 0 aliphatic carbocycles. The number of allylic oxidation sites excluding steroid dienone is 1. The van der Waals surface area contributed by atoms with Gasteiger partial charge in [0.05, 0.1) is 11.9 Å². The second-order valence-electron chi connectivity index (χ2n) is 7.61. The van der Waals surface area contributed by atoms with Crippen molar-refractivity contribution in [2.45, 2.75) is 13.8 Å². The number of carbonyl (C=O) groups excluding carboxylic acids is 1. The van der Waals surface area contributed by atoms with Gasteiger partial charge < -0.3 is 4.57 Å². The van der Waals surface area contributed by atoms with Gasteiger partial charge in [-0.2, -0.15) is 5.10 Å². The first-order valence-electron chi connectivity index (χ1n) is 10.5. The minimum absolute atomic E-state index is 0.243. The van der Waals surface area contributed by atoms with Crippen LogP contribution in [0.15, 0.2) is 108 Å². The summed E-state index contributed by atoms with van der Waals surface area (Å²) in [5.41, 5.74) is 9.60. The standard InChI is InChI=1S/C28H25N3O/c1-21(19-23-9-5-3-6-10-23)20-29-30-28(32)25-14-16-26(17-15-25)31-22(2)13-18-27(31)24-11-7-4-8-12-24/h3-20H,1-2H3,(H,30,32)/b21-19+,29-20+. The number of nitrogens with zero attached hydrogens (tertiary/aromatic N) is 2. The molecular formula is C28H25N3O. The van der Waals surface area contributed by atoms with Gasteiger partial charge >= 0.3 is 0 Å². The predicted molar refractivity (Wildman–Crippen MR) is 132 cm³/mol. The molecule has 4 rings (SSSR count). The predicted octanol–water partition coefficient (Wildman–Crippen LogP) is 6.27.